The number of carboxylic acid groups (broad SMARTS) is 1. The van der Waals surface area contributed by atoms with E-state index in [1.807, 2.05) is 24.3 Å². The van der Waals surface area contributed by atoms with Crippen molar-refractivity contribution in [3.63, 3.8) is 0 Å². The number of ether oxygens (including phenoxy) is 2. The van der Waals surface area contributed by atoms with E-state index in [9.17, 15) is 9.59 Å². The van der Waals surface area contributed by atoms with Gasteiger partial charge < -0.3 is 19.5 Å². The third-order valence-corrected chi connectivity index (χ3v) is 4.74. The topological polar surface area (TPSA) is 76.1 Å². The first-order chi connectivity index (χ1) is 14.0. The number of amides is 1. The summed E-state index contributed by atoms with van der Waals surface area (Å²) in [6.45, 7) is 0.593. The van der Waals surface area contributed by atoms with Crippen molar-refractivity contribution in [3.8, 4) is 11.5 Å². The van der Waals surface area contributed by atoms with Gasteiger partial charge >= 0.3 is 5.97 Å². The number of carboxylic acids is 1. The maximum Gasteiger partial charge on any atom is 0.303 e. The fraction of sp³-hybridized carbons (Fsp3) is 0.391. The van der Waals surface area contributed by atoms with Crippen LogP contribution in [-0.4, -0.2) is 37.7 Å². The summed E-state index contributed by atoms with van der Waals surface area (Å²) in [4.78, 5) is 25.5. The SMILES string of the molecule is COc1ccc(C(=O)N(CCCCCCCC(=O)O)c2ccc(OC)cc2)cc1. The summed E-state index contributed by atoms with van der Waals surface area (Å²) in [5.74, 6) is 0.632. The molecule has 0 saturated carbocycles. The highest BCUT2D eigenvalue weighted by Crippen LogP contribution is 2.23. The number of benzene rings is 2. The van der Waals surface area contributed by atoms with Gasteiger partial charge in [0.05, 0.1) is 14.2 Å². The van der Waals surface area contributed by atoms with Gasteiger partial charge in [-0.05, 0) is 61.4 Å². The van der Waals surface area contributed by atoms with E-state index in [1.54, 1.807) is 43.4 Å². The summed E-state index contributed by atoms with van der Waals surface area (Å²) in [5.41, 5.74) is 1.42. The average Bonchev–Trinajstić information content (AvgIpc) is 2.75. The first-order valence-electron chi connectivity index (χ1n) is 9.87. The van der Waals surface area contributed by atoms with Gasteiger partial charge in [0.25, 0.3) is 5.91 Å². The fourth-order valence-corrected chi connectivity index (χ4v) is 3.08. The molecule has 6 nitrogen and oxygen atoms in total. The molecule has 0 spiro atoms. The normalized spacial score (nSPS) is 10.4. The summed E-state index contributed by atoms with van der Waals surface area (Å²) in [5, 5.41) is 8.69. The predicted molar refractivity (Wildman–Crippen MR) is 113 cm³/mol. The second-order valence-corrected chi connectivity index (χ2v) is 6.79. The van der Waals surface area contributed by atoms with Gasteiger partial charge in [0, 0.05) is 24.2 Å². The van der Waals surface area contributed by atoms with Crippen LogP contribution in [0.2, 0.25) is 0 Å². The Bertz CT molecular complexity index is 771. The predicted octanol–water partition coefficient (Wildman–Crippen LogP) is 4.78. The molecule has 2 aromatic carbocycles. The van der Waals surface area contributed by atoms with Crippen molar-refractivity contribution in [2.75, 3.05) is 25.7 Å². The zero-order valence-electron chi connectivity index (χ0n) is 17.1. The standard InChI is InChI=1S/C23H29NO5/c1-28-20-13-9-18(10-14-20)23(27)24(19-11-15-21(29-2)16-12-19)17-7-5-3-4-6-8-22(25)26/h9-16H,3-8,17H2,1-2H3,(H,25,26). The lowest BCUT2D eigenvalue weighted by molar-refractivity contribution is -0.137. The van der Waals surface area contributed by atoms with E-state index >= 15 is 0 Å². The molecule has 6 heteroatoms. The summed E-state index contributed by atoms with van der Waals surface area (Å²) in [7, 11) is 3.20. The smallest absolute Gasteiger partial charge is 0.303 e. The average molecular weight is 399 g/mol. The van der Waals surface area contributed by atoms with E-state index in [4.69, 9.17) is 14.6 Å². The van der Waals surface area contributed by atoms with Gasteiger partial charge in [0.2, 0.25) is 0 Å². The van der Waals surface area contributed by atoms with Crippen molar-refractivity contribution in [1.29, 1.82) is 0 Å². The second kappa shape index (κ2) is 11.7. The molecular weight excluding hydrogens is 370 g/mol. The van der Waals surface area contributed by atoms with Crippen LogP contribution in [0.4, 0.5) is 5.69 Å². The number of unbranched alkanes of at least 4 members (excludes halogenated alkanes) is 4. The molecule has 0 fully saturated rings. The molecule has 2 aromatic rings. The molecule has 0 aliphatic carbocycles. The summed E-state index contributed by atoms with van der Waals surface area (Å²) in [6.07, 6.45) is 4.56. The molecule has 2 rings (SSSR count). The van der Waals surface area contributed by atoms with Crippen LogP contribution in [0.1, 0.15) is 48.9 Å². The molecular formula is C23H29NO5. The number of hydrogen-bond donors (Lipinski definition) is 1. The van der Waals surface area contributed by atoms with Crippen molar-refractivity contribution in [3.05, 3.63) is 54.1 Å². The molecule has 0 aromatic heterocycles. The minimum absolute atomic E-state index is 0.0660. The van der Waals surface area contributed by atoms with Crippen molar-refractivity contribution >= 4 is 17.6 Å². The van der Waals surface area contributed by atoms with Gasteiger partial charge in [0.15, 0.2) is 0 Å². The molecule has 0 aliphatic heterocycles. The third kappa shape index (κ3) is 7.14. The van der Waals surface area contributed by atoms with E-state index in [-0.39, 0.29) is 12.3 Å². The van der Waals surface area contributed by atoms with E-state index in [0.29, 0.717) is 24.3 Å². The second-order valence-electron chi connectivity index (χ2n) is 6.79. The molecule has 29 heavy (non-hydrogen) atoms. The Morgan fingerprint density at radius 1 is 0.793 bits per heavy atom. The quantitative estimate of drug-likeness (QED) is 0.520. The summed E-state index contributed by atoms with van der Waals surface area (Å²) in [6, 6.07) is 14.5. The maximum atomic E-state index is 13.1. The van der Waals surface area contributed by atoms with Crippen LogP contribution in [0.25, 0.3) is 0 Å². The lowest BCUT2D eigenvalue weighted by Crippen LogP contribution is -2.31. The number of methoxy groups -OCH3 is 2. The van der Waals surface area contributed by atoms with Gasteiger partial charge in [-0.3, -0.25) is 9.59 Å². The molecule has 156 valence electrons. The highest BCUT2D eigenvalue weighted by atomic mass is 16.5. The van der Waals surface area contributed by atoms with Gasteiger partial charge in [-0.25, -0.2) is 0 Å². The number of carbonyl (C=O) groups is 2. The largest absolute Gasteiger partial charge is 0.497 e. The number of nitrogens with zero attached hydrogens (tertiary/aromatic N) is 1. The van der Waals surface area contributed by atoms with Crippen LogP contribution in [0, 0.1) is 0 Å². The summed E-state index contributed by atoms with van der Waals surface area (Å²) < 4.78 is 10.4. The van der Waals surface area contributed by atoms with E-state index in [0.717, 1.165) is 37.1 Å². The molecule has 0 atom stereocenters. The Hall–Kier alpha value is -3.02. The number of hydrogen-bond acceptors (Lipinski definition) is 4. The molecule has 0 saturated heterocycles. The van der Waals surface area contributed by atoms with Crippen LogP contribution in [0.5, 0.6) is 11.5 Å². The van der Waals surface area contributed by atoms with Crippen molar-refractivity contribution in [2.24, 2.45) is 0 Å². The molecule has 0 aliphatic rings. The molecule has 1 N–H and O–H groups in total. The number of rotatable bonds is 12. The Balaban J connectivity index is 2.02. The van der Waals surface area contributed by atoms with Gasteiger partial charge in [-0.2, -0.15) is 0 Å². The van der Waals surface area contributed by atoms with Crippen LogP contribution in [0.3, 0.4) is 0 Å². The first kappa shape index (κ1) is 22.3. The van der Waals surface area contributed by atoms with Gasteiger partial charge in [-0.15, -0.1) is 0 Å². The highest BCUT2D eigenvalue weighted by Gasteiger charge is 2.17. The Kier molecular flexibility index (Phi) is 9.02. The minimum Gasteiger partial charge on any atom is -0.497 e. The van der Waals surface area contributed by atoms with E-state index in [1.165, 1.54) is 0 Å². The van der Waals surface area contributed by atoms with E-state index < -0.39 is 5.97 Å². The molecule has 1 amide bonds. The number of anilines is 1. The van der Waals surface area contributed by atoms with E-state index in [2.05, 4.69) is 0 Å². The lowest BCUT2D eigenvalue weighted by atomic mass is 10.1. The molecule has 0 heterocycles. The Labute approximate surface area is 172 Å². The Morgan fingerprint density at radius 2 is 1.31 bits per heavy atom. The first-order valence-corrected chi connectivity index (χ1v) is 9.87. The highest BCUT2D eigenvalue weighted by molar-refractivity contribution is 6.06. The Morgan fingerprint density at radius 3 is 1.86 bits per heavy atom. The van der Waals surface area contributed by atoms with Gasteiger partial charge in [0.1, 0.15) is 11.5 Å². The van der Waals surface area contributed by atoms with Crippen LogP contribution in [0.15, 0.2) is 48.5 Å². The third-order valence-electron chi connectivity index (χ3n) is 4.74. The number of aliphatic carboxylic acids is 1. The lowest BCUT2D eigenvalue weighted by Gasteiger charge is -2.23. The summed E-state index contributed by atoms with van der Waals surface area (Å²) >= 11 is 0. The number of carbonyl (C=O) groups excluding carboxylic acids is 1. The minimum atomic E-state index is -0.749. The van der Waals surface area contributed by atoms with Crippen LogP contribution in [-0.2, 0) is 4.79 Å². The van der Waals surface area contributed by atoms with Crippen LogP contribution < -0.4 is 14.4 Å². The van der Waals surface area contributed by atoms with Gasteiger partial charge in [-0.1, -0.05) is 19.3 Å². The molecule has 0 radical (unpaired) electrons. The monoisotopic (exact) mass is 399 g/mol. The zero-order chi connectivity index (χ0) is 21.1. The van der Waals surface area contributed by atoms with Crippen LogP contribution >= 0.6 is 0 Å². The van der Waals surface area contributed by atoms with Crippen molar-refractivity contribution < 1.29 is 24.2 Å². The molecule has 0 unspecified atom stereocenters. The maximum absolute atomic E-state index is 13.1. The fourth-order valence-electron chi connectivity index (χ4n) is 3.08. The van der Waals surface area contributed by atoms with Crippen molar-refractivity contribution in [1.82, 2.24) is 0 Å². The molecule has 0 bridgehead atoms. The zero-order valence-corrected chi connectivity index (χ0v) is 17.1. The van der Waals surface area contributed by atoms with Crippen molar-refractivity contribution in [2.45, 2.75) is 38.5 Å².